The lowest BCUT2D eigenvalue weighted by molar-refractivity contribution is -0.115. The molecule has 2 N–H and O–H groups in total. The molecule has 3 rings (SSSR count). The van der Waals surface area contributed by atoms with Crippen LogP contribution in [0, 0.1) is 5.82 Å². The molecular formula is C22H20FN3O2S. The van der Waals surface area contributed by atoms with Gasteiger partial charge in [0.1, 0.15) is 10.8 Å². The number of hydrogen-bond donors (Lipinski definition) is 2. The van der Waals surface area contributed by atoms with Crippen molar-refractivity contribution in [1.29, 1.82) is 0 Å². The van der Waals surface area contributed by atoms with E-state index in [1.165, 1.54) is 23.9 Å². The monoisotopic (exact) mass is 409 g/mol. The second-order valence-electron chi connectivity index (χ2n) is 6.20. The van der Waals surface area contributed by atoms with E-state index in [9.17, 15) is 14.0 Å². The molecule has 1 aromatic heterocycles. The fourth-order valence-electron chi connectivity index (χ4n) is 2.50. The Hall–Kier alpha value is -3.19. The van der Waals surface area contributed by atoms with E-state index in [0.29, 0.717) is 34.1 Å². The van der Waals surface area contributed by atoms with Crippen molar-refractivity contribution in [2.45, 2.75) is 24.1 Å². The summed E-state index contributed by atoms with van der Waals surface area (Å²) in [6.45, 7) is 1.78. The molecule has 0 aliphatic carbocycles. The van der Waals surface area contributed by atoms with Gasteiger partial charge in [-0.2, -0.15) is 0 Å². The fourth-order valence-corrected chi connectivity index (χ4v) is 3.44. The number of rotatable bonds is 7. The summed E-state index contributed by atoms with van der Waals surface area (Å²) < 4.78 is 13.0. The number of amides is 2. The molecule has 2 amide bonds. The molecule has 7 heteroatoms. The van der Waals surface area contributed by atoms with E-state index in [1.54, 1.807) is 61.7 Å². The third-order valence-corrected chi connectivity index (χ3v) is 5.13. The number of aromatic nitrogens is 1. The lowest BCUT2D eigenvalue weighted by atomic mass is 10.2. The molecule has 0 fully saturated rings. The van der Waals surface area contributed by atoms with Crippen LogP contribution in [0.1, 0.15) is 29.3 Å². The van der Waals surface area contributed by atoms with Gasteiger partial charge in [0.15, 0.2) is 0 Å². The Kier molecular flexibility index (Phi) is 6.97. The van der Waals surface area contributed by atoms with Gasteiger partial charge in [-0.1, -0.05) is 19.1 Å². The number of anilines is 2. The van der Waals surface area contributed by atoms with Crippen molar-refractivity contribution in [3.63, 3.8) is 0 Å². The van der Waals surface area contributed by atoms with Crippen LogP contribution >= 0.6 is 11.8 Å². The average Bonchev–Trinajstić information content (AvgIpc) is 2.75. The molecule has 148 valence electrons. The maximum Gasteiger partial charge on any atom is 0.258 e. The van der Waals surface area contributed by atoms with Crippen molar-refractivity contribution >= 4 is 35.0 Å². The second kappa shape index (κ2) is 9.84. The van der Waals surface area contributed by atoms with Crippen molar-refractivity contribution in [3.05, 3.63) is 83.8 Å². The summed E-state index contributed by atoms with van der Waals surface area (Å²) in [5.74, 6) is -0.0504. The summed E-state index contributed by atoms with van der Waals surface area (Å²) in [6, 6.07) is 16.6. The van der Waals surface area contributed by atoms with Gasteiger partial charge < -0.3 is 10.6 Å². The molecule has 0 atom stereocenters. The lowest BCUT2D eigenvalue weighted by Gasteiger charge is -2.10. The molecule has 0 saturated heterocycles. The third kappa shape index (κ3) is 5.89. The van der Waals surface area contributed by atoms with Gasteiger partial charge in [-0.15, -0.1) is 11.8 Å². The highest BCUT2D eigenvalue weighted by Crippen LogP contribution is 2.25. The normalized spacial score (nSPS) is 10.4. The Bertz CT molecular complexity index is 992. The second-order valence-corrected chi connectivity index (χ2v) is 7.17. The molecule has 0 aliphatic heterocycles. The Morgan fingerprint density at radius 2 is 1.62 bits per heavy atom. The van der Waals surface area contributed by atoms with Crippen LogP contribution in [0.25, 0.3) is 0 Å². The predicted octanol–water partition coefficient (Wildman–Crippen LogP) is 5.11. The molecule has 29 heavy (non-hydrogen) atoms. The van der Waals surface area contributed by atoms with E-state index in [2.05, 4.69) is 15.6 Å². The molecule has 0 saturated carbocycles. The zero-order valence-electron chi connectivity index (χ0n) is 15.8. The zero-order chi connectivity index (χ0) is 20.6. The minimum absolute atomic E-state index is 0.0695. The molecular weight excluding hydrogens is 389 g/mol. The van der Waals surface area contributed by atoms with Crippen molar-refractivity contribution in [2.24, 2.45) is 0 Å². The smallest absolute Gasteiger partial charge is 0.258 e. The summed E-state index contributed by atoms with van der Waals surface area (Å²) in [7, 11) is 0. The van der Waals surface area contributed by atoms with Gasteiger partial charge in [0, 0.05) is 29.7 Å². The standard InChI is InChI=1S/C22H20FN3O2S/c1-2-20(27)25-17-9-11-18(12-10-17)26-21(28)19-4-3-13-24-22(19)29-14-15-5-7-16(23)8-6-15/h3-13H,2,14H2,1H3,(H,25,27)(H,26,28). The Morgan fingerprint density at radius 3 is 2.28 bits per heavy atom. The number of hydrogen-bond acceptors (Lipinski definition) is 4. The molecule has 0 radical (unpaired) electrons. The van der Waals surface area contributed by atoms with Crippen LogP contribution in [0.3, 0.4) is 0 Å². The predicted molar refractivity (Wildman–Crippen MR) is 114 cm³/mol. The minimum Gasteiger partial charge on any atom is -0.326 e. The van der Waals surface area contributed by atoms with E-state index in [-0.39, 0.29) is 17.6 Å². The van der Waals surface area contributed by atoms with E-state index in [1.807, 2.05) is 0 Å². The third-order valence-electron chi connectivity index (χ3n) is 4.05. The van der Waals surface area contributed by atoms with Gasteiger partial charge in [-0.05, 0) is 54.1 Å². The van der Waals surface area contributed by atoms with Crippen molar-refractivity contribution in [3.8, 4) is 0 Å². The van der Waals surface area contributed by atoms with E-state index in [4.69, 9.17) is 0 Å². The molecule has 0 unspecified atom stereocenters. The highest BCUT2D eigenvalue weighted by atomic mass is 32.2. The quantitative estimate of drug-likeness (QED) is 0.532. The summed E-state index contributed by atoms with van der Waals surface area (Å²) in [6.07, 6.45) is 2.03. The first-order valence-electron chi connectivity index (χ1n) is 9.08. The van der Waals surface area contributed by atoms with Crippen molar-refractivity contribution < 1.29 is 14.0 Å². The van der Waals surface area contributed by atoms with E-state index >= 15 is 0 Å². The number of nitrogens with zero attached hydrogens (tertiary/aromatic N) is 1. The average molecular weight is 409 g/mol. The summed E-state index contributed by atoms with van der Waals surface area (Å²) >= 11 is 1.41. The number of carbonyl (C=O) groups is 2. The van der Waals surface area contributed by atoms with Gasteiger partial charge in [0.05, 0.1) is 5.56 Å². The molecule has 1 heterocycles. The Labute approximate surface area is 172 Å². The van der Waals surface area contributed by atoms with Crippen LogP contribution in [0.2, 0.25) is 0 Å². The zero-order valence-corrected chi connectivity index (χ0v) is 16.6. The summed E-state index contributed by atoms with van der Waals surface area (Å²) in [5, 5.41) is 6.20. The molecule has 0 spiro atoms. The highest BCUT2D eigenvalue weighted by molar-refractivity contribution is 7.98. The van der Waals surface area contributed by atoms with Gasteiger partial charge >= 0.3 is 0 Å². The first-order valence-corrected chi connectivity index (χ1v) is 10.1. The van der Waals surface area contributed by atoms with Crippen molar-refractivity contribution in [1.82, 2.24) is 4.98 Å². The lowest BCUT2D eigenvalue weighted by Crippen LogP contribution is -2.14. The van der Waals surface area contributed by atoms with E-state index < -0.39 is 0 Å². The number of carbonyl (C=O) groups excluding carboxylic acids is 2. The number of thioether (sulfide) groups is 1. The molecule has 0 aliphatic rings. The molecule has 0 bridgehead atoms. The number of nitrogens with one attached hydrogen (secondary N) is 2. The molecule has 2 aromatic carbocycles. The van der Waals surface area contributed by atoms with Crippen LogP contribution in [-0.2, 0) is 10.5 Å². The van der Waals surface area contributed by atoms with E-state index in [0.717, 1.165) is 5.56 Å². The van der Waals surface area contributed by atoms with Crippen LogP contribution < -0.4 is 10.6 Å². The Balaban J connectivity index is 1.66. The van der Waals surface area contributed by atoms with Crippen LogP contribution in [-0.4, -0.2) is 16.8 Å². The largest absolute Gasteiger partial charge is 0.326 e. The van der Waals surface area contributed by atoms with Crippen LogP contribution in [0.5, 0.6) is 0 Å². The first kappa shape index (κ1) is 20.5. The van der Waals surface area contributed by atoms with Gasteiger partial charge in [0.2, 0.25) is 5.91 Å². The topological polar surface area (TPSA) is 71.1 Å². The summed E-state index contributed by atoms with van der Waals surface area (Å²) in [4.78, 5) is 28.5. The van der Waals surface area contributed by atoms with Crippen molar-refractivity contribution in [2.75, 3.05) is 10.6 Å². The van der Waals surface area contributed by atoms with Gasteiger partial charge in [-0.3, -0.25) is 9.59 Å². The highest BCUT2D eigenvalue weighted by Gasteiger charge is 2.13. The van der Waals surface area contributed by atoms with Crippen LogP contribution in [0.4, 0.5) is 15.8 Å². The summed E-state index contributed by atoms with van der Waals surface area (Å²) in [5.41, 5.74) is 2.69. The van der Waals surface area contributed by atoms with Gasteiger partial charge in [-0.25, -0.2) is 9.37 Å². The molecule has 3 aromatic rings. The SMILES string of the molecule is CCC(=O)Nc1ccc(NC(=O)c2cccnc2SCc2ccc(F)cc2)cc1. The maximum atomic E-state index is 13.0. The fraction of sp³-hybridized carbons (Fsp3) is 0.136. The number of halogens is 1. The minimum atomic E-state index is -0.281. The number of benzene rings is 2. The maximum absolute atomic E-state index is 13.0. The Morgan fingerprint density at radius 1 is 0.966 bits per heavy atom. The van der Waals surface area contributed by atoms with Crippen LogP contribution in [0.15, 0.2) is 71.9 Å². The molecule has 5 nitrogen and oxygen atoms in total. The van der Waals surface area contributed by atoms with Gasteiger partial charge in [0.25, 0.3) is 5.91 Å². The number of pyridine rings is 1. The first-order chi connectivity index (χ1) is 14.0.